The molecule has 1 N–H and O–H groups in total. The first-order valence-corrected chi connectivity index (χ1v) is 6.62. The van der Waals surface area contributed by atoms with Crippen molar-refractivity contribution < 1.29 is 4.74 Å². The fourth-order valence-electron chi connectivity index (χ4n) is 2.11. The summed E-state index contributed by atoms with van der Waals surface area (Å²) < 4.78 is 5.11. The number of rotatable bonds is 5. The van der Waals surface area contributed by atoms with E-state index >= 15 is 0 Å². The SMILES string of the molecule is COCCN(C(=S)NC1CCCC1)C(C)C. The zero-order valence-corrected chi connectivity index (χ0v) is 11.5. The van der Waals surface area contributed by atoms with Crippen molar-refractivity contribution >= 4 is 17.3 Å². The van der Waals surface area contributed by atoms with Gasteiger partial charge in [-0.15, -0.1) is 0 Å². The van der Waals surface area contributed by atoms with Crippen LogP contribution in [0.4, 0.5) is 0 Å². The predicted molar refractivity (Wildman–Crippen MR) is 71.7 cm³/mol. The molecule has 4 heteroatoms. The largest absolute Gasteiger partial charge is 0.383 e. The summed E-state index contributed by atoms with van der Waals surface area (Å²) in [5, 5.41) is 4.36. The van der Waals surface area contributed by atoms with Crippen LogP contribution >= 0.6 is 12.2 Å². The number of hydrogen-bond acceptors (Lipinski definition) is 2. The zero-order chi connectivity index (χ0) is 12.0. The molecule has 0 unspecified atom stereocenters. The maximum Gasteiger partial charge on any atom is 0.169 e. The summed E-state index contributed by atoms with van der Waals surface area (Å²) >= 11 is 5.46. The van der Waals surface area contributed by atoms with Gasteiger partial charge in [-0.05, 0) is 38.9 Å². The van der Waals surface area contributed by atoms with Crippen LogP contribution in [-0.4, -0.2) is 42.4 Å². The van der Waals surface area contributed by atoms with Gasteiger partial charge in [0.1, 0.15) is 0 Å². The molecule has 1 aliphatic rings. The third-order valence-electron chi connectivity index (χ3n) is 3.10. The molecule has 1 fully saturated rings. The van der Waals surface area contributed by atoms with Gasteiger partial charge in [0.05, 0.1) is 6.61 Å². The van der Waals surface area contributed by atoms with Crippen LogP contribution in [0, 0.1) is 0 Å². The Morgan fingerprint density at radius 2 is 2.06 bits per heavy atom. The lowest BCUT2D eigenvalue weighted by Crippen LogP contribution is -2.48. The molecule has 94 valence electrons. The standard InChI is InChI=1S/C12H24N2OS/c1-10(2)14(8-9-15-3)12(16)13-11-6-4-5-7-11/h10-11H,4-9H2,1-3H3,(H,13,16). The van der Waals surface area contributed by atoms with E-state index in [1.165, 1.54) is 25.7 Å². The number of thiocarbonyl (C=S) groups is 1. The minimum Gasteiger partial charge on any atom is -0.383 e. The van der Waals surface area contributed by atoms with Gasteiger partial charge in [-0.25, -0.2) is 0 Å². The first-order valence-electron chi connectivity index (χ1n) is 6.21. The smallest absolute Gasteiger partial charge is 0.169 e. The zero-order valence-electron chi connectivity index (χ0n) is 10.7. The van der Waals surface area contributed by atoms with Crippen molar-refractivity contribution in [3.63, 3.8) is 0 Å². The van der Waals surface area contributed by atoms with E-state index in [0.29, 0.717) is 12.1 Å². The topological polar surface area (TPSA) is 24.5 Å². The minimum atomic E-state index is 0.427. The molecule has 0 atom stereocenters. The molecular formula is C12H24N2OS. The van der Waals surface area contributed by atoms with Crippen LogP contribution in [0.2, 0.25) is 0 Å². The first-order chi connectivity index (χ1) is 7.65. The van der Waals surface area contributed by atoms with E-state index in [9.17, 15) is 0 Å². The van der Waals surface area contributed by atoms with Crippen LogP contribution in [0.25, 0.3) is 0 Å². The van der Waals surface area contributed by atoms with Gasteiger partial charge in [-0.2, -0.15) is 0 Å². The predicted octanol–water partition coefficient (Wildman–Crippen LogP) is 2.16. The summed E-state index contributed by atoms with van der Waals surface area (Å²) in [5.74, 6) is 0. The van der Waals surface area contributed by atoms with Crippen LogP contribution in [0.5, 0.6) is 0 Å². The van der Waals surface area contributed by atoms with Gasteiger partial charge in [0, 0.05) is 25.7 Å². The third-order valence-corrected chi connectivity index (χ3v) is 3.46. The van der Waals surface area contributed by atoms with Crippen molar-refractivity contribution in [2.45, 2.75) is 51.6 Å². The molecule has 16 heavy (non-hydrogen) atoms. The quantitative estimate of drug-likeness (QED) is 0.749. The molecule has 0 spiro atoms. The second-order valence-electron chi connectivity index (χ2n) is 4.71. The molecule has 1 aliphatic carbocycles. The Morgan fingerprint density at radius 3 is 2.56 bits per heavy atom. The summed E-state index contributed by atoms with van der Waals surface area (Å²) in [4.78, 5) is 2.21. The highest BCUT2D eigenvalue weighted by Crippen LogP contribution is 2.18. The van der Waals surface area contributed by atoms with Gasteiger partial charge in [-0.1, -0.05) is 12.8 Å². The van der Waals surface area contributed by atoms with Gasteiger partial charge >= 0.3 is 0 Å². The van der Waals surface area contributed by atoms with Crippen LogP contribution in [-0.2, 0) is 4.74 Å². The molecule has 0 bridgehead atoms. The summed E-state index contributed by atoms with van der Waals surface area (Å²) in [6.45, 7) is 5.92. The van der Waals surface area contributed by atoms with Crippen LogP contribution < -0.4 is 5.32 Å². The summed E-state index contributed by atoms with van der Waals surface area (Å²) in [6, 6.07) is 1.02. The fourth-order valence-corrected chi connectivity index (χ4v) is 2.58. The molecule has 1 saturated carbocycles. The molecule has 0 saturated heterocycles. The van der Waals surface area contributed by atoms with Gasteiger partial charge in [0.25, 0.3) is 0 Å². The molecular weight excluding hydrogens is 220 g/mol. The minimum absolute atomic E-state index is 0.427. The van der Waals surface area contributed by atoms with E-state index in [4.69, 9.17) is 17.0 Å². The molecule has 3 nitrogen and oxygen atoms in total. The van der Waals surface area contributed by atoms with E-state index in [1.54, 1.807) is 7.11 Å². The maximum absolute atomic E-state index is 5.46. The van der Waals surface area contributed by atoms with E-state index in [1.807, 2.05) is 0 Å². The Morgan fingerprint density at radius 1 is 1.44 bits per heavy atom. The van der Waals surface area contributed by atoms with Crippen molar-refractivity contribution in [2.75, 3.05) is 20.3 Å². The fraction of sp³-hybridized carbons (Fsp3) is 0.917. The molecule has 0 amide bonds. The number of nitrogens with one attached hydrogen (secondary N) is 1. The average Bonchev–Trinajstić information content (AvgIpc) is 2.70. The monoisotopic (exact) mass is 244 g/mol. The Bertz CT molecular complexity index is 215. The first kappa shape index (κ1) is 13.7. The van der Waals surface area contributed by atoms with Gasteiger partial charge in [0.15, 0.2) is 5.11 Å². The van der Waals surface area contributed by atoms with Gasteiger partial charge in [0.2, 0.25) is 0 Å². The Labute approximate surface area is 105 Å². The molecule has 0 aliphatic heterocycles. The second-order valence-corrected chi connectivity index (χ2v) is 5.10. The van der Waals surface area contributed by atoms with E-state index in [2.05, 4.69) is 24.1 Å². The van der Waals surface area contributed by atoms with Crippen LogP contribution in [0.1, 0.15) is 39.5 Å². The molecule has 0 aromatic heterocycles. The average molecular weight is 244 g/mol. The third kappa shape index (κ3) is 4.26. The summed E-state index contributed by atoms with van der Waals surface area (Å²) in [6.07, 6.45) is 5.19. The Hall–Kier alpha value is -0.350. The Kier molecular flexibility index (Phi) is 6.06. The lowest BCUT2D eigenvalue weighted by atomic mass is 10.2. The number of ether oxygens (including phenoxy) is 1. The van der Waals surface area contributed by atoms with Crippen molar-refractivity contribution in [3.8, 4) is 0 Å². The van der Waals surface area contributed by atoms with E-state index < -0.39 is 0 Å². The molecule has 1 rings (SSSR count). The number of nitrogens with zero attached hydrogens (tertiary/aromatic N) is 1. The van der Waals surface area contributed by atoms with Crippen molar-refractivity contribution in [1.82, 2.24) is 10.2 Å². The van der Waals surface area contributed by atoms with Crippen molar-refractivity contribution in [3.05, 3.63) is 0 Å². The lowest BCUT2D eigenvalue weighted by molar-refractivity contribution is 0.166. The number of hydrogen-bond donors (Lipinski definition) is 1. The highest BCUT2D eigenvalue weighted by Gasteiger charge is 2.19. The summed E-state index contributed by atoms with van der Waals surface area (Å²) in [7, 11) is 1.73. The molecule has 0 aromatic carbocycles. The molecule has 0 aromatic rings. The lowest BCUT2D eigenvalue weighted by Gasteiger charge is -2.31. The van der Waals surface area contributed by atoms with E-state index in [0.717, 1.165) is 18.3 Å². The van der Waals surface area contributed by atoms with E-state index in [-0.39, 0.29) is 0 Å². The second kappa shape index (κ2) is 7.07. The summed E-state index contributed by atoms with van der Waals surface area (Å²) in [5.41, 5.74) is 0. The normalized spacial score (nSPS) is 16.8. The van der Waals surface area contributed by atoms with Gasteiger partial charge in [-0.3, -0.25) is 0 Å². The van der Waals surface area contributed by atoms with Crippen molar-refractivity contribution in [1.29, 1.82) is 0 Å². The molecule has 0 heterocycles. The van der Waals surface area contributed by atoms with Gasteiger partial charge < -0.3 is 15.0 Å². The van der Waals surface area contributed by atoms with Crippen LogP contribution in [0.3, 0.4) is 0 Å². The number of methoxy groups -OCH3 is 1. The highest BCUT2D eigenvalue weighted by molar-refractivity contribution is 7.80. The van der Waals surface area contributed by atoms with Crippen LogP contribution in [0.15, 0.2) is 0 Å². The van der Waals surface area contributed by atoms with Crippen molar-refractivity contribution in [2.24, 2.45) is 0 Å². The maximum atomic E-state index is 5.46. The molecule has 0 radical (unpaired) electrons. The Balaban J connectivity index is 2.39. The highest BCUT2D eigenvalue weighted by atomic mass is 32.1.